The van der Waals surface area contributed by atoms with E-state index in [0.717, 1.165) is 12.5 Å². The van der Waals surface area contributed by atoms with Crippen LogP contribution in [0.15, 0.2) is 11.4 Å². The molecule has 2 unspecified atom stereocenters. The van der Waals surface area contributed by atoms with Gasteiger partial charge >= 0.3 is 0 Å². The second kappa shape index (κ2) is 6.34. The summed E-state index contributed by atoms with van der Waals surface area (Å²) in [5.74, 6) is 0.482. The Morgan fingerprint density at radius 2 is 2.28 bits per heavy atom. The Kier molecular flexibility index (Phi) is 4.78. The molecule has 3 N–H and O–H groups in total. The topological polar surface area (TPSA) is 55.1 Å². The van der Waals surface area contributed by atoms with Crippen molar-refractivity contribution in [3.05, 3.63) is 21.9 Å². The van der Waals surface area contributed by atoms with E-state index in [9.17, 15) is 4.79 Å². The molecule has 0 saturated heterocycles. The minimum atomic E-state index is -0.332. The number of carbonyl (C=O) groups is 1. The zero-order valence-corrected chi connectivity index (χ0v) is 11.8. The van der Waals surface area contributed by atoms with Gasteiger partial charge in [0.05, 0.1) is 5.56 Å². The van der Waals surface area contributed by atoms with E-state index in [1.807, 2.05) is 11.4 Å². The number of thiophene rings is 1. The Balaban J connectivity index is 1.87. The Morgan fingerprint density at radius 3 is 2.94 bits per heavy atom. The maximum absolute atomic E-state index is 11.0. The molecule has 0 aromatic carbocycles. The SMILES string of the molecule is CCC1CCCCC1NCc1cc(C(N)=O)cs1. The van der Waals surface area contributed by atoms with Crippen molar-refractivity contribution in [1.82, 2.24) is 5.32 Å². The van der Waals surface area contributed by atoms with E-state index < -0.39 is 0 Å². The van der Waals surface area contributed by atoms with E-state index in [0.29, 0.717) is 11.6 Å². The van der Waals surface area contributed by atoms with Crippen LogP contribution in [0.4, 0.5) is 0 Å². The molecule has 0 spiro atoms. The van der Waals surface area contributed by atoms with Gasteiger partial charge in [-0.2, -0.15) is 0 Å². The van der Waals surface area contributed by atoms with Crippen molar-refractivity contribution >= 4 is 17.2 Å². The summed E-state index contributed by atoms with van der Waals surface area (Å²) in [5.41, 5.74) is 5.89. The molecule has 1 fully saturated rings. The van der Waals surface area contributed by atoms with Gasteiger partial charge in [-0.15, -0.1) is 11.3 Å². The first kappa shape index (κ1) is 13.6. The summed E-state index contributed by atoms with van der Waals surface area (Å²) in [6.45, 7) is 3.14. The molecule has 18 heavy (non-hydrogen) atoms. The van der Waals surface area contributed by atoms with Crippen molar-refractivity contribution in [1.29, 1.82) is 0 Å². The van der Waals surface area contributed by atoms with Crippen molar-refractivity contribution < 1.29 is 4.79 Å². The Bertz CT molecular complexity index is 402. The standard InChI is InChI=1S/C14H22N2OS/c1-2-10-5-3-4-6-13(10)16-8-12-7-11(9-18-12)14(15)17/h7,9-10,13,16H,2-6,8H2,1H3,(H2,15,17). The second-order valence-corrected chi connectivity index (χ2v) is 6.10. The lowest BCUT2D eigenvalue weighted by Gasteiger charge is -2.31. The predicted molar refractivity (Wildman–Crippen MR) is 75.7 cm³/mol. The molecular weight excluding hydrogens is 244 g/mol. The highest BCUT2D eigenvalue weighted by Gasteiger charge is 2.23. The third-order valence-electron chi connectivity index (χ3n) is 3.91. The first-order chi connectivity index (χ1) is 8.70. The van der Waals surface area contributed by atoms with Gasteiger partial charge in [-0.25, -0.2) is 0 Å². The molecule has 2 rings (SSSR count). The first-order valence-corrected chi connectivity index (χ1v) is 7.69. The summed E-state index contributed by atoms with van der Waals surface area (Å²) in [6.07, 6.45) is 6.61. The molecule has 1 aromatic rings. The fourth-order valence-corrected chi connectivity index (χ4v) is 3.62. The van der Waals surface area contributed by atoms with Gasteiger partial charge in [0, 0.05) is 22.8 Å². The molecule has 4 heteroatoms. The summed E-state index contributed by atoms with van der Waals surface area (Å²) in [7, 11) is 0. The van der Waals surface area contributed by atoms with Crippen LogP contribution in [0.5, 0.6) is 0 Å². The second-order valence-electron chi connectivity index (χ2n) is 5.11. The molecule has 1 aliphatic carbocycles. The summed E-state index contributed by atoms with van der Waals surface area (Å²) in [4.78, 5) is 12.2. The van der Waals surface area contributed by atoms with Crippen molar-refractivity contribution in [2.75, 3.05) is 0 Å². The van der Waals surface area contributed by atoms with E-state index in [4.69, 9.17) is 5.73 Å². The molecule has 1 aliphatic rings. The monoisotopic (exact) mass is 266 g/mol. The van der Waals surface area contributed by atoms with Gasteiger partial charge in [0.2, 0.25) is 5.91 Å². The van der Waals surface area contributed by atoms with Crippen molar-refractivity contribution in [3.63, 3.8) is 0 Å². The molecule has 0 aliphatic heterocycles. The number of primary amides is 1. The third kappa shape index (κ3) is 3.33. The van der Waals surface area contributed by atoms with Gasteiger partial charge in [-0.05, 0) is 24.8 Å². The largest absolute Gasteiger partial charge is 0.366 e. The molecule has 2 atom stereocenters. The van der Waals surface area contributed by atoms with Crippen LogP contribution in [-0.4, -0.2) is 11.9 Å². The molecule has 1 amide bonds. The fraction of sp³-hybridized carbons (Fsp3) is 0.643. The summed E-state index contributed by atoms with van der Waals surface area (Å²) in [6, 6.07) is 2.55. The fourth-order valence-electron chi connectivity index (χ4n) is 2.80. The smallest absolute Gasteiger partial charge is 0.249 e. The molecule has 1 aromatic heterocycles. The average Bonchev–Trinajstić information content (AvgIpc) is 2.85. The molecule has 0 radical (unpaired) electrons. The van der Waals surface area contributed by atoms with Crippen molar-refractivity contribution in [2.24, 2.45) is 11.7 Å². The van der Waals surface area contributed by atoms with Gasteiger partial charge in [-0.3, -0.25) is 4.79 Å². The van der Waals surface area contributed by atoms with Crippen molar-refractivity contribution in [2.45, 2.75) is 51.6 Å². The number of nitrogens with two attached hydrogens (primary N) is 1. The first-order valence-electron chi connectivity index (χ1n) is 6.81. The quantitative estimate of drug-likeness (QED) is 0.861. The van der Waals surface area contributed by atoms with E-state index in [1.165, 1.54) is 37.0 Å². The molecular formula is C14H22N2OS. The number of hydrogen-bond acceptors (Lipinski definition) is 3. The van der Waals surface area contributed by atoms with E-state index in [2.05, 4.69) is 12.2 Å². The normalized spacial score (nSPS) is 24.1. The van der Waals surface area contributed by atoms with E-state index in [-0.39, 0.29) is 5.91 Å². The van der Waals surface area contributed by atoms with E-state index >= 15 is 0 Å². The maximum atomic E-state index is 11.0. The molecule has 1 heterocycles. The maximum Gasteiger partial charge on any atom is 0.249 e. The van der Waals surface area contributed by atoms with E-state index in [1.54, 1.807) is 11.3 Å². The minimum absolute atomic E-state index is 0.332. The van der Waals surface area contributed by atoms with Gasteiger partial charge in [0.15, 0.2) is 0 Å². The van der Waals surface area contributed by atoms with Gasteiger partial charge in [-0.1, -0.05) is 26.2 Å². The van der Waals surface area contributed by atoms with Crippen LogP contribution < -0.4 is 11.1 Å². The lowest BCUT2D eigenvalue weighted by molar-refractivity contribution is 0.100. The number of carbonyl (C=O) groups excluding carboxylic acids is 1. The third-order valence-corrected chi connectivity index (χ3v) is 4.85. The highest BCUT2D eigenvalue weighted by Crippen LogP contribution is 2.27. The Hall–Kier alpha value is -0.870. The zero-order chi connectivity index (χ0) is 13.0. The van der Waals surface area contributed by atoms with Gasteiger partial charge in [0.1, 0.15) is 0 Å². The summed E-state index contributed by atoms with van der Waals surface area (Å²) < 4.78 is 0. The van der Waals surface area contributed by atoms with Crippen molar-refractivity contribution in [3.8, 4) is 0 Å². The molecule has 3 nitrogen and oxygen atoms in total. The number of amides is 1. The number of hydrogen-bond donors (Lipinski definition) is 2. The highest BCUT2D eigenvalue weighted by atomic mass is 32.1. The predicted octanol–water partition coefficient (Wildman–Crippen LogP) is 2.91. The average molecular weight is 266 g/mol. The highest BCUT2D eigenvalue weighted by molar-refractivity contribution is 7.10. The lowest BCUT2D eigenvalue weighted by atomic mass is 9.83. The van der Waals surface area contributed by atoms with Crippen LogP contribution in [0.25, 0.3) is 0 Å². The van der Waals surface area contributed by atoms with Crippen LogP contribution in [0, 0.1) is 5.92 Å². The summed E-state index contributed by atoms with van der Waals surface area (Å²) >= 11 is 1.61. The van der Waals surface area contributed by atoms with Crippen LogP contribution in [0.2, 0.25) is 0 Å². The van der Waals surface area contributed by atoms with Gasteiger partial charge in [0.25, 0.3) is 0 Å². The van der Waals surface area contributed by atoms with Crippen LogP contribution >= 0.6 is 11.3 Å². The van der Waals surface area contributed by atoms with Crippen LogP contribution in [0.1, 0.15) is 54.3 Å². The van der Waals surface area contributed by atoms with Crippen LogP contribution in [0.3, 0.4) is 0 Å². The Morgan fingerprint density at radius 1 is 1.50 bits per heavy atom. The number of nitrogens with one attached hydrogen (secondary N) is 1. The molecule has 0 bridgehead atoms. The Labute approximate surface area is 113 Å². The zero-order valence-electron chi connectivity index (χ0n) is 10.9. The number of rotatable bonds is 5. The van der Waals surface area contributed by atoms with Gasteiger partial charge < -0.3 is 11.1 Å². The summed E-state index contributed by atoms with van der Waals surface area (Å²) in [5, 5.41) is 5.49. The molecule has 100 valence electrons. The minimum Gasteiger partial charge on any atom is -0.366 e. The van der Waals surface area contributed by atoms with Crippen LogP contribution in [-0.2, 0) is 6.54 Å². The molecule has 1 saturated carbocycles. The lowest BCUT2D eigenvalue weighted by Crippen LogP contribution is -2.37.